The molecule has 0 aliphatic rings. The summed E-state index contributed by atoms with van der Waals surface area (Å²) in [5.41, 5.74) is -0.0963. The predicted molar refractivity (Wildman–Crippen MR) is 94.6 cm³/mol. The highest BCUT2D eigenvalue weighted by Gasteiger charge is 2.16. The molecule has 2 aromatic carbocycles. The van der Waals surface area contributed by atoms with Crippen LogP contribution in [-0.4, -0.2) is 17.6 Å². The molecule has 1 N–H and O–H groups in total. The quantitative estimate of drug-likeness (QED) is 0.780. The normalized spacial score (nSPS) is 10.7. The monoisotopic (exact) mass is 357 g/mol. The van der Waals surface area contributed by atoms with Gasteiger partial charge in [0.1, 0.15) is 5.75 Å². The van der Waals surface area contributed by atoms with Crippen molar-refractivity contribution in [2.75, 3.05) is 12.4 Å². The first kappa shape index (κ1) is 16.9. The van der Waals surface area contributed by atoms with Crippen LogP contribution in [0.5, 0.6) is 11.6 Å². The molecule has 0 bridgehead atoms. The standard InChI is InChI=1S/C18H15ClN2O4/c1-21-17(23)14-9-12(25-2)7-8-13(14)15(18(21)24)16(22)20-11-5-3-10(19)4-6-11/h3-9,24H,1-2H3,(H,20,22)/p-1. The van der Waals surface area contributed by atoms with E-state index in [2.05, 4.69) is 5.32 Å². The van der Waals surface area contributed by atoms with Crippen molar-refractivity contribution in [3.05, 3.63) is 63.4 Å². The predicted octanol–water partition coefficient (Wildman–Crippen LogP) is 2.53. The number of carbonyl (C=O) groups excluding carboxylic acids is 1. The number of hydrogen-bond acceptors (Lipinski definition) is 4. The Hall–Kier alpha value is -2.99. The van der Waals surface area contributed by atoms with Crippen molar-refractivity contribution in [3.63, 3.8) is 0 Å². The van der Waals surface area contributed by atoms with Crippen LogP contribution in [0.25, 0.3) is 10.8 Å². The molecule has 25 heavy (non-hydrogen) atoms. The third kappa shape index (κ3) is 3.04. The van der Waals surface area contributed by atoms with Crippen molar-refractivity contribution >= 4 is 34.0 Å². The molecule has 1 aromatic heterocycles. The van der Waals surface area contributed by atoms with E-state index >= 15 is 0 Å². The molecule has 0 saturated carbocycles. The lowest BCUT2D eigenvalue weighted by atomic mass is 10.1. The SMILES string of the molecule is COc1ccc2c(C(=O)Nc3ccc(Cl)cc3)c([O-])n(C)c(=O)c2c1. The Morgan fingerprint density at radius 2 is 1.84 bits per heavy atom. The molecule has 0 fully saturated rings. The fourth-order valence-corrected chi connectivity index (χ4v) is 2.67. The van der Waals surface area contributed by atoms with Crippen molar-refractivity contribution < 1.29 is 14.6 Å². The van der Waals surface area contributed by atoms with Crippen LogP contribution in [-0.2, 0) is 7.05 Å². The number of anilines is 1. The fraction of sp³-hybridized carbons (Fsp3) is 0.111. The Kier molecular flexibility index (Phi) is 4.37. The number of halogens is 1. The lowest BCUT2D eigenvalue weighted by molar-refractivity contribution is -0.279. The van der Waals surface area contributed by atoms with Gasteiger partial charge < -0.3 is 19.7 Å². The van der Waals surface area contributed by atoms with Crippen molar-refractivity contribution in [3.8, 4) is 11.6 Å². The van der Waals surface area contributed by atoms with E-state index in [1.54, 1.807) is 30.3 Å². The van der Waals surface area contributed by atoms with Gasteiger partial charge in [-0.25, -0.2) is 0 Å². The van der Waals surface area contributed by atoms with Gasteiger partial charge in [-0.1, -0.05) is 11.6 Å². The topological polar surface area (TPSA) is 83.4 Å². The van der Waals surface area contributed by atoms with Gasteiger partial charge in [0.2, 0.25) is 0 Å². The van der Waals surface area contributed by atoms with Crippen LogP contribution in [0.3, 0.4) is 0 Å². The van der Waals surface area contributed by atoms with E-state index in [-0.39, 0.29) is 16.3 Å². The average molecular weight is 358 g/mol. The molecule has 0 aliphatic heterocycles. The summed E-state index contributed by atoms with van der Waals surface area (Å²) in [5, 5.41) is 16.2. The number of ether oxygens (including phenoxy) is 1. The molecule has 3 rings (SSSR count). The van der Waals surface area contributed by atoms with Gasteiger partial charge in [-0.3, -0.25) is 9.59 Å². The van der Waals surface area contributed by atoms with Crippen molar-refractivity contribution in [2.45, 2.75) is 0 Å². The molecule has 1 heterocycles. The van der Waals surface area contributed by atoms with Gasteiger partial charge in [-0.15, -0.1) is 0 Å². The second kappa shape index (κ2) is 6.49. The number of pyridine rings is 1. The smallest absolute Gasteiger partial charge is 0.257 e. The van der Waals surface area contributed by atoms with Crippen LogP contribution in [0.15, 0.2) is 47.3 Å². The number of hydrogen-bond donors (Lipinski definition) is 1. The van der Waals surface area contributed by atoms with Crippen LogP contribution in [0.1, 0.15) is 10.4 Å². The van der Waals surface area contributed by atoms with E-state index in [1.165, 1.54) is 26.3 Å². The molecule has 128 valence electrons. The molecule has 0 aliphatic carbocycles. The minimum Gasteiger partial charge on any atom is -0.859 e. The molecule has 0 unspecified atom stereocenters. The summed E-state index contributed by atoms with van der Waals surface area (Å²) in [4.78, 5) is 25.0. The Bertz CT molecular complexity index is 1030. The maximum Gasteiger partial charge on any atom is 0.257 e. The van der Waals surface area contributed by atoms with Gasteiger partial charge in [0.05, 0.1) is 18.1 Å². The lowest BCUT2D eigenvalue weighted by Crippen LogP contribution is -2.26. The Morgan fingerprint density at radius 3 is 2.48 bits per heavy atom. The largest absolute Gasteiger partial charge is 0.859 e. The maximum atomic E-state index is 12.7. The number of nitrogens with zero attached hydrogens (tertiary/aromatic N) is 1. The van der Waals surface area contributed by atoms with Gasteiger partial charge in [-0.2, -0.15) is 0 Å². The summed E-state index contributed by atoms with van der Waals surface area (Å²) >= 11 is 5.82. The Morgan fingerprint density at radius 1 is 1.16 bits per heavy atom. The summed E-state index contributed by atoms with van der Waals surface area (Å²) in [7, 11) is 2.81. The lowest BCUT2D eigenvalue weighted by Gasteiger charge is -2.20. The highest BCUT2D eigenvalue weighted by molar-refractivity contribution is 6.30. The number of nitrogens with one attached hydrogen (secondary N) is 1. The fourth-order valence-electron chi connectivity index (χ4n) is 2.55. The first-order valence-corrected chi connectivity index (χ1v) is 7.75. The van der Waals surface area contributed by atoms with Crippen LogP contribution in [0.2, 0.25) is 5.02 Å². The molecule has 0 saturated heterocycles. The van der Waals surface area contributed by atoms with E-state index in [4.69, 9.17) is 16.3 Å². The second-order valence-corrected chi connectivity index (χ2v) is 5.85. The number of fused-ring (bicyclic) bond motifs is 1. The summed E-state index contributed by atoms with van der Waals surface area (Å²) < 4.78 is 6.03. The molecule has 0 radical (unpaired) electrons. The maximum absolute atomic E-state index is 12.7. The molecule has 3 aromatic rings. The molecule has 0 atom stereocenters. The zero-order valence-corrected chi connectivity index (χ0v) is 14.3. The van der Waals surface area contributed by atoms with Crippen LogP contribution in [0.4, 0.5) is 5.69 Å². The zero-order chi connectivity index (χ0) is 18.1. The Balaban J connectivity index is 2.15. The van der Waals surface area contributed by atoms with E-state index < -0.39 is 17.3 Å². The first-order chi connectivity index (χ1) is 11.9. The van der Waals surface area contributed by atoms with Gasteiger partial charge in [-0.05, 0) is 48.3 Å². The third-order valence-electron chi connectivity index (χ3n) is 3.88. The summed E-state index contributed by atoms with van der Waals surface area (Å²) in [6, 6.07) is 11.1. The molecular formula is C18H14ClN2O4-. The molecule has 1 amide bonds. The molecular weight excluding hydrogens is 344 g/mol. The number of rotatable bonds is 3. The molecule has 7 heteroatoms. The number of benzene rings is 2. The minimum absolute atomic E-state index is 0.102. The van der Waals surface area contributed by atoms with E-state index in [0.29, 0.717) is 16.5 Å². The minimum atomic E-state index is -0.658. The number of aromatic nitrogens is 1. The summed E-state index contributed by atoms with van der Waals surface area (Å²) in [5.74, 6) is -0.792. The average Bonchev–Trinajstić information content (AvgIpc) is 2.61. The van der Waals surface area contributed by atoms with Gasteiger partial charge in [0.25, 0.3) is 11.5 Å². The van der Waals surface area contributed by atoms with Crippen molar-refractivity contribution in [1.82, 2.24) is 4.57 Å². The van der Waals surface area contributed by atoms with E-state index in [9.17, 15) is 14.7 Å². The van der Waals surface area contributed by atoms with E-state index in [0.717, 1.165) is 4.57 Å². The second-order valence-electron chi connectivity index (χ2n) is 5.42. The number of methoxy groups -OCH3 is 1. The third-order valence-corrected chi connectivity index (χ3v) is 4.13. The van der Waals surface area contributed by atoms with Crippen LogP contribution < -0.4 is 20.7 Å². The van der Waals surface area contributed by atoms with Gasteiger partial charge in [0.15, 0.2) is 0 Å². The highest BCUT2D eigenvalue weighted by Crippen LogP contribution is 2.26. The van der Waals surface area contributed by atoms with Gasteiger partial charge >= 0.3 is 0 Å². The molecule has 6 nitrogen and oxygen atoms in total. The molecule has 0 spiro atoms. The van der Waals surface area contributed by atoms with E-state index in [1.807, 2.05) is 0 Å². The Labute approximate surface area is 148 Å². The van der Waals surface area contributed by atoms with Crippen molar-refractivity contribution in [1.29, 1.82) is 0 Å². The van der Waals surface area contributed by atoms with Crippen LogP contribution >= 0.6 is 11.6 Å². The number of carbonyl (C=O) groups is 1. The highest BCUT2D eigenvalue weighted by atomic mass is 35.5. The summed E-state index contributed by atoms with van der Waals surface area (Å²) in [6.45, 7) is 0. The number of amides is 1. The zero-order valence-electron chi connectivity index (χ0n) is 13.5. The summed E-state index contributed by atoms with van der Waals surface area (Å²) in [6.07, 6.45) is 0. The van der Waals surface area contributed by atoms with Crippen molar-refractivity contribution in [2.24, 2.45) is 7.05 Å². The first-order valence-electron chi connectivity index (χ1n) is 7.37. The van der Waals surface area contributed by atoms with Gasteiger partial charge in [0, 0.05) is 23.1 Å². The van der Waals surface area contributed by atoms with Crippen LogP contribution in [0, 0.1) is 0 Å².